The number of carbonyl (C=O) groups excluding carboxylic acids is 2. The molecule has 2 amide bonds. The molecule has 0 aromatic heterocycles. The lowest BCUT2D eigenvalue weighted by atomic mass is 10.0. The SMILES string of the molecule is O=C(NCCN1CCCC1)c1cccc(-c2cccc(CN(CCCc3ccccc3)C(=O)CCCc3ccccc3)c2)c1.O=C(O)C(F)(F)F. The van der Waals surface area contributed by atoms with Gasteiger partial charge in [-0.05, 0) is 97.6 Å². The monoisotopic (exact) mass is 701 g/mol. The van der Waals surface area contributed by atoms with Crippen LogP contribution in [-0.2, 0) is 29.0 Å². The smallest absolute Gasteiger partial charge is 0.475 e. The minimum Gasteiger partial charge on any atom is -0.475 e. The largest absolute Gasteiger partial charge is 0.490 e. The van der Waals surface area contributed by atoms with Crippen molar-refractivity contribution in [3.8, 4) is 11.1 Å². The number of aryl methyl sites for hydroxylation is 2. The van der Waals surface area contributed by atoms with Crippen LogP contribution in [-0.4, -0.2) is 71.6 Å². The second kappa shape index (κ2) is 20.0. The molecule has 0 bridgehead atoms. The first kappa shape index (κ1) is 38.8. The quantitative estimate of drug-likeness (QED) is 0.132. The second-order valence-corrected chi connectivity index (χ2v) is 12.6. The van der Waals surface area contributed by atoms with Gasteiger partial charge in [0.25, 0.3) is 5.91 Å². The van der Waals surface area contributed by atoms with Crippen LogP contribution in [0.5, 0.6) is 0 Å². The van der Waals surface area contributed by atoms with E-state index in [4.69, 9.17) is 9.90 Å². The van der Waals surface area contributed by atoms with Gasteiger partial charge in [-0.25, -0.2) is 4.79 Å². The van der Waals surface area contributed by atoms with Gasteiger partial charge < -0.3 is 20.2 Å². The molecule has 2 N–H and O–H groups in total. The number of amides is 2. The Morgan fingerprint density at radius 1 is 0.725 bits per heavy atom. The number of carboxylic acids is 1. The van der Waals surface area contributed by atoms with E-state index in [-0.39, 0.29) is 11.8 Å². The van der Waals surface area contributed by atoms with Crippen LogP contribution in [0.1, 0.15) is 59.2 Å². The van der Waals surface area contributed by atoms with Gasteiger partial charge in [-0.15, -0.1) is 0 Å². The van der Waals surface area contributed by atoms with E-state index in [0.29, 0.717) is 25.1 Å². The van der Waals surface area contributed by atoms with Gasteiger partial charge in [0.2, 0.25) is 5.91 Å². The lowest BCUT2D eigenvalue weighted by Gasteiger charge is -2.23. The Hall–Kier alpha value is -4.96. The molecular weight excluding hydrogens is 655 g/mol. The van der Waals surface area contributed by atoms with Crippen molar-refractivity contribution in [3.63, 3.8) is 0 Å². The number of likely N-dealkylation sites (tertiary alicyclic amines) is 1. The van der Waals surface area contributed by atoms with E-state index in [0.717, 1.165) is 68.6 Å². The molecule has 51 heavy (non-hydrogen) atoms. The van der Waals surface area contributed by atoms with E-state index in [1.165, 1.54) is 24.0 Å². The van der Waals surface area contributed by atoms with Crippen LogP contribution in [0.2, 0.25) is 0 Å². The lowest BCUT2D eigenvalue weighted by molar-refractivity contribution is -0.192. The van der Waals surface area contributed by atoms with E-state index in [2.05, 4.69) is 83.0 Å². The molecule has 4 aromatic carbocycles. The third-order valence-corrected chi connectivity index (χ3v) is 8.70. The van der Waals surface area contributed by atoms with Gasteiger partial charge >= 0.3 is 12.1 Å². The molecular formula is C41H46F3N3O4. The van der Waals surface area contributed by atoms with E-state index < -0.39 is 12.1 Å². The number of halogens is 3. The summed E-state index contributed by atoms with van der Waals surface area (Å²) in [7, 11) is 0. The topological polar surface area (TPSA) is 90.0 Å². The Bertz CT molecular complexity index is 1680. The number of rotatable bonds is 15. The maximum Gasteiger partial charge on any atom is 0.490 e. The third-order valence-electron chi connectivity index (χ3n) is 8.70. The van der Waals surface area contributed by atoms with Crippen molar-refractivity contribution < 1.29 is 32.7 Å². The van der Waals surface area contributed by atoms with Gasteiger partial charge in [0.1, 0.15) is 0 Å². The summed E-state index contributed by atoms with van der Waals surface area (Å²) in [6.07, 6.45) is 1.57. The molecule has 1 aliphatic heterocycles. The molecule has 270 valence electrons. The summed E-state index contributed by atoms with van der Waals surface area (Å²) < 4.78 is 31.7. The van der Waals surface area contributed by atoms with Gasteiger partial charge in [-0.1, -0.05) is 91.0 Å². The lowest BCUT2D eigenvalue weighted by Crippen LogP contribution is -2.33. The molecule has 0 radical (unpaired) electrons. The van der Waals surface area contributed by atoms with Crippen molar-refractivity contribution in [2.24, 2.45) is 0 Å². The summed E-state index contributed by atoms with van der Waals surface area (Å²) in [5.41, 5.74) is 6.39. The highest BCUT2D eigenvalue weighted by atomic mass is 19.4. The molecule has 1 fully saturated rings. The van der Waals surface area contributed by atoms with Crippen molar-refractivity contribution in [1.29, 1.82) is 0 Å². The standard InChI is InChI=1S/C39H45N3O2.C2HF3O2/c43-38(23-10-17-32-13-3-1-4-14-32)42(27-12-19-33-15-5-2-6-16-33)31-34-18-9-20-35(29-34)36-21-11-22-37(30-36)39(44)40-24-28-41-25-7-8-26-41;3-2(4,5)1(6)7/h1-6,9,11,13-16,18,20-22,29-30H,7-8,10,12,17,19,23-28,31H2,(H,40,44);(H,6,7). The molecule has 0 spiro atoms. The zero-order valence-corrected chi connectivity index (χ0v) is 28.8. The summed E-state index contributed by atoms with van der Waals surface area (Å²) in [5, 5.41) is 10.2. The number of carbonyl (C=O) groups is 3. The zero-order chi connectivity index (χ0) is 36.5. The van der Waals surface area contributed by atoms with Crippen molar-refractivity contribution >= 4 is 17.8 Å². The highest BCUT2D eigenvalue weighted by Crippen LogP contribution is 2.23. The minimum atomic E-state index is -5.08. The van der Waals surface area contributed by atoms with Crippen molar-refractivity contribution in [2.75, 3.05) is 32.7 Å². The van der Waals surface area contributed by atoms with Crippen LogP contribution in [0.4, 0.5) is 13.2 Å². The average Bonchev–Trinajstić information content (AvgIpc) is 3.66. The van der Waals surface area contributed by atoms with E-state index in [1.807, 2.05) is 41.3 Å². The Morgan fingerprint density at radius 2 is 1.27 bits per heavy atom. The number of hydrogen-bond donors (Lipinski definition) is 2. The molecule has 0 atom stereocenters. The van der Waals surface area contributed by atoms with Crippen LogP contribution in [0.25, 0.3) is 11.1 Å². The van der Waals surface area contributed by atoms with Crippen molar-refractivity contribution in [2.45, 2.75) is 57.7 Å². The molecule has 5 rings (SSSR count). The fraction of sp³-hybridized carbons (Fsp3) is 0.341. The molecule has 0 aliphatic carbocycles. The molecule has 1 heterocycles. The van der Waals surface area contributed by atoms with Crippen molar-refractivity contribution in [1.82, 2.24) is 15.1 Å². The van der Waals surface area contributed by atoms with E-state index >= 15 is 0 Å². The minimum absolute atomic E-state index is 0.0344. The molecule has 1 aliphatic rings. The third kappa shape index (κ3) is 13.7. The van der Waals surface area contributed by atoms with Gasteiger partial charge in [0, 0.05) is 38.2 Å². The Labute approximate surface area is 298 Å². The fourth-order valence-electron chi connectivity index (χ4n) is 6.00. The predicted octanol–water partition coefficient (Wildman–Crippen LogP) is 7.80. The normalized spacial score (nSPS) is 12.8. The summed E-state index contributed by atoms with van der Waals surface area (Å²) in [6.45, 7) is 5.12. The fourth-order valence-corrected chi connectivity index (χ4v) is 6.00. The van der Waals surface area contributed by atoms with Gasteiger partial charge in [-0.3, -0.25) is 9.59 Å². The molecule has 1 saturated heterocycles. The maximum absolute atomic E-state index is 13.5. The van der Waals surface area contributed by atoms with E-state index in [9.17, 15) is 22.8 Å². The Kier molecular flexibility index (Phi) is 15.3. The first-order valence-electron chi connectivity index (χ1n) is 17.4. The second-order valence-electron chi connectivity index (χ2n) is 12.6. The summed E-state index contributed by atoms with van der Waals surface area (Å²) in [5.74, 6) is -2.59. The van der Waals surface area contributed by atoms with Crippen LogP contribution >= 0.6 is 0 Å². The first-order chi connectivity index (χ1) is 24.6. The molecule has 4 aromatic rings. The number of aliphatic carboxylic acids is 1. The zero-order valence-electron chi connectivity index (χ0n) is 28.8. The first-order valence-corrected chi connectivity index (χ1v) is 17.4. The van der Waals surface area contributed by atoms with Gasteiger partial charge in [-0.2, -0.15) is 13.2 Å². The number of benzene rings is 4. The van der Waals surface area contributed by atoms with Crippen LogP contribution < -0.4 is 5.32 Å². The number of nitrogens with zero attached hydrogens (tertiary/aromatic N) is 2. The number of alkyl halides is 3. The Morgan fingerprint density at radius 3 is 1.88 bits per heavy atom. The van der Waals surface area contributed by atoms with Crippen molar-refractivity contribution in [3.05, 3.63) is 131 Å². The van der Waals surface area contributed by atoms with E-state index in [1.54, 1.807) is 0 Å². The molecule has 10 heteroatoms. The summed E-state index contributed by atoms with van der Waals surface area (Å²) in [4.78, 5) is 39.7. The number of hydrogen-bond acceptors (Lipinski definition) is 4. The Balaban J connectivity index is 0.000000755. The summed E-state index contributed by atoms with van der Waals surface area (Å²) in [6, 6.07) is 37.1. The number of nitrogens with one attached hydrogen (secondary N) is 1. The summed E-state index contributed by atoms with van der Waals surface area (Å²) >= 11 is 0. The highest BCUT2D eigenvalue weighted by molar-refractivity contribution is 5.95. The van der Waals surface area contributed by atoms with Gasteiger partial charge in [0.05, 0.1) is 0 Å². The predicted molar refractivity (Wildman–Crippen MR) is 193 cm³/mol. The van der Waals surface area contributed by atoms with Crippen LogP contribution in [0.15, 0.2) is 109 Å². The number of carboxylic acid groups (broad SMARTS) is 1. The van der Waals surface area contributed by atoms with Gasteiger partial charge in [0.15, 0.2) is 0 Å². The molecule has 0 saturated carbocycles. The molecule has 7 nitrogen and oxygen atoms in total. The highest BCUT2D eigenvalue weighted by Gasteiger charge is 2.38. The van der Waals surface area contributed by atoms with Crippen LogP contribution in [0.3, 0.4) is 0 Å². The molecule has 0 unspecified atom stereocenters. The maximum atomic E-state index is 13.5. The average molecular weight is 702 g/mol. The van der Waals surface area contributed by atoms with Crippen LogP contribution in [0, 0.1) is 0 Å².